The molecule has 1 aliphatic heterocycles. The normalized spacial score (nSPS) is 16.2. The van der Waals surface area contributed by atoms with E-state index in [0.29, 0.717) is 13.2 Å². The zero-order valence-corrected chi connectivity index (χ0v) is 7.52. The lowest BCUT2D eigenvalue weighted by molar-refractivity contribution is -0.248. The Balaban J connectivity index is 0.000000226. The first-order chi connectivity index (χ1) is 6.07. The summed E-state index contributed by atoms with van der Waals surface area (Å²) in [7, 11) is 0. The van der Waals surface area contributed by atoms with Crippen LogP contribution in [0.5, 0.6) is 0 Å². The molecular weight excluding hydrogens is 176 g/mol. The Morgan fingerprint density at radius 3 is 2.08 bits per heavy atom. The van der Waals surface area contributed by atoms with Gasteiger partial charge < -0.3 is 10.2 Å². The zero-order valence-electron chi connectivity index (χ0n) is 7.52. The second kappa shape index (κ2) is 6.59. The van der Waals surface area contributed by atoms with Crippen LogP contribution in [0.2, 0.25) is 0 Å². The summed E-state index contributed by atoms with van der Waals surface area (Å²) >= 11 is 0. The Morgan fingerprint density at radius 2 is 1.92 bits per heavy atom. The van der Waals surface area contributed by atoms with Gasteiger partial charge in [0.05, 0.1) is 19.8 Å². The van der Waals surface area contributed by atoms with Gasteiger partial charge in [-0.25, -0.2) is 14.6 Å². The number of aliphatic hydroxyl groups is 1. The first kappa shape index (κ1) is 12.1. The number of carbonyl (C=O) groups is 1. The summed E-state index contributed by atoms with van der Waals surface area (Å²) in [6.45, 7) is 5.84. The molecule has 5 nitrogen and oxygen atoms in total. The van der Waals surface area contributed by atoms with Gasteiger partial charge in [-0.2, -0.15) is 0 Å². The molecule has 1 rings (SSSR count). The standard InChI is InChI=1S/C4H8O3.C4H6O2/c5-1-4-2-6-7-3-4;1-3(2)4(5)6/h4-5H,1-3H2;1H2,2H3,(H,5,6). The molecule has 0 aromatic heterocycles. The highest BCUT2D eigenvalue weighted by molar-refractivity contribution is 5.84. The van der Waals surface area contributed by atoms with Crippen LogP contribution in [0.1, 0.15) is 6.92 Å². The van der Waals surface area contributed by atoms with Gasteiger partial charge in [-0.3, -0.25) is 0 Å². The van der Waals surface area contributed by atoms with Gasteiger partial charge in [0, 0.05) is 11.5 Å². The molecule has 1 aliphatic rings. The minimum absolute atomic E-state index is 0.167. The summed E-state index contributed by atoms with van der Waals surface area (Å²) in [6, 6.07) is 0. The fourth-order valence-corrected chi connectivity index (χ4v) is 0.442. The Morgan fingerprint density at radius 1 is 1.54 bits per heavy atom. The lowest BCUT2D eigenvalue weighted by atomic mass is 10.2. The molecule has 0 bridgehead atoms. The summed E-state index contributed by atoms with van der Waals surface area (Å²) in [5.41, 5.74) is 0.176. The highest BCUT2D eigenvalue weighted by Gasteiger charge is 2.14. The molecule has 0 amide bonds. The molecule has 76 valence electrons. The van der Waals surface area contributed by atoms with Gasteiger partial charge in [-0.15, -0.1) is 0 Å². The maximum atomic E-state index is 9.60. The summed E-state index contributed by atoms with van der Waals surface area (Å²) in [5, 5.41) is 16.3. The number of carboxylic acids is 1. The minimum atomic E-state index is -0.935. The fourth-order valence-electron chi connectivity index (χ4n) is 0.442. The molecule has 0 aromatic rings. The van der Waals surface area contributed by atoms with Crippen LogP contribution in [0, 0.1) is 5.92 Å². The van der Waals surface area contributed by atoms with Gasteiger partial charge in [0.15, 0.2) is 0 Å². The van der Waals surface area contributed by atoms with Gasteiger partial charge in [0.1, 0.15) is 0 Å². The quantitative estimate of drug-likeness (QED) is 0.480. The van der Waals surface area contributed by atoms with Crippen LogP contribution >= 0.6 is 0 Å². The van der Waals surface area contributed by atoms with Crippen molar-refractivity contribution in [2.45, 2.75) is 6.92 Å². The van der Waals surface area contributed by atoms with Crippen LogP contribution in [0.3, 0.4) is 0 Å². The van der Waals surface area contributed by atoms with Crippen molar-refractivity contribution in [3.63, 3.8) is 0 Å². The van der Waals surface area contributed by atoms with Crippen LogP contribution in [0.15, 0.2) is 12.2 Å². The summed E-state index contributed by atoms with van der Waals surface area (Å²) in [4.78, 5) is 18.6. The van der Waals surface area contributed by atoms with Crippen molar-refractivity contribution in [2.24, 2.45) is 5.92 Å². The van der Waals surface area contributed by atoms with Crippen molar-refractivity contribution < 1.29 is 24.8 Å². The van der Waals surface area contributed by atoms with E-state index in [1.165, 1.54) is 6.92 Å². The average molecular weight is 190 g/mol. The molecule has 13 heavy (non-hydrogen) atoms. The lowest BCUT2D eigenvalue weighted by Crippen LogP contribution is -2.07. The number of hydrogen-bond acceptors (Lipinski definition) is 4. The number of aliphatic hydroxyl groups excluding tert-OH is 1. The van der Waals surface area contributed by atoms with E-state index in [4.69, 9.17) is 10.2 Å². The van der Waals surface area contributed by atoms with Crippen molar-refractivity contribution in [1.82, 2.24) is 0 Å². The topological polar surface area (TPSA) is 76.0 Å². The van der Waals surface area contributed by atoms with E-state index in [1.54, 1.807) is 0 Å². The van der Waals surface area contributed by atoms with E-state index < -0.39 is 5.97 Å². The van der Waals surface area contributed by atoms with Gasteiger partial charge in [-0.05, 0) is 6.92 Å². The second-order valence-electron chi connectivity index (χ2n) is 2.70. The largest absolute Gasteiger partial charge is 0.478 e. The minimum Gasteiger partial charge on any atom is -0.478 e. The average Bonchev–Trinajstić information content (AvgIpc) is 2.56. The summed E-state index contributed by atoms with van der Waals surface area (Å²) in [6.07, 6.45) is 0. The van der Waals surface area contributed by atoms with Crippen molar-refractivity contribution in [2.75, 3.05) is 19.8 Å². The monoisotopic (exact) mass is 190 g/mol. The predicted molar refractivity (Wildman–Crippen MR) is 44.9 cm³/mol. The van der Waals surface area contributed by atoms with Gasteiger partial charge in [0.25, 0.3) is 0 Å². The highest BCUT2D eigenvalue weighted by Crippen LogP contribution is 2.04. The Kier molecular flexibility index (Phi) is 6.13. The van der Waals surface area contributed by atoms with Crippen LogP contribution < -0.4 is 0 Å². The van der Waals surface area contributed by atoms with E-state index in [-0.39, 0.29) is 18.1 Å². The van der Waals surface area contributed by atoms with E-state index in [1.807, 2.05) is 0 Å². The van der Waals surface area contributed by atoms with Crippen molar-refractivity contribution >= 4 is 5.97 Å². The molecule has 0 unspecified atom stereocenters. The Hall–Kier alpha value is -0.910. The highest BCUT2D eigenvalue weighted by atomic mass is 17.2. The van der Waals surface area contributed by atoms with Gasteiger partial charge in [0.2, 0.25) is 0 Å². The molecule has 0 saturated carbocycles. The SMILES string of the molecule is C=C(C)C(=O)O.OCC1COOC1. The van der Waals surface area contributed by atoms with Crippen LogP contribution in [-0.2, 0) is 14.6 Å². The van der Waals surface area contributed by atoms with Crippen molar-refractivity contribution in [1.29, 1.82) is 0 Å². The third-order valence-corrected chi connectivity index (χ3v) is 1.31. The third-order valence-electron chi connectivity index (χ3n) is 1.31. The summed E-state index contributed by atoms with van der Waals surface area (Å²) < 4.78 is 0. The smallest absolute Gasteiger partial charge is 0.330 e. The molecule has 0 aliphatic carbocycles. The molecule has 5 heteroatoms. The van der Waals surface area contributed by atoms with Crippen LogP contribution in [0.25, 0.3) is 0 Å². The molecule has 0 spiro atoms. The number of aliphatic carboxylic acids is 1. The fraction of sp³-hybridized carbons (Fsp3) is 0.625. The van der Waals surface area contributed by atoms with Crippen LogP contribution in [0.4, 0.5) is 0 Å². The predicted octanol–water partition coefficient (Wildman–Crippen LogP) is 0.204. The Labute approximate surface area is 76.5 Å². The van der Waals surface area contributed by atoms with E-state index in [2.05, 4.69) is 16.4 Å². The molecular formula is C8H14O5. The van der Waals surface area contributed by atoms with Gasteiger partial charge in [-0.1, -0.05) is 6.58 Å². The molecule has 1 heterocycles. The number of carboxylic acid groups (broad SMARTS) is 1. The maximum Gasteiger partial charge on any atom is 0.330 e. The molecule has 0 radical (unpaired) electrons. The zero-order chi connectivity index (χ0) is 10.3. The first-order valence-corrected chi connectivity index (χ1v) is 3.82. The van der Waals surface area contributed by atoms with Gasteiger partial charge >= 0.3 is 5.97 Å². The molecule has 2 N–H and O–H groups in total. The second-order valence-corrected chi connectivity index (χ2v) is 2.70. The molecule has 1 saturated heterocycles. The summed E-state index contributed by atoms with van der Waals surface area (Å²) in [5.74, 6) is -0.727. The van der Waals surface area contributed by atoms with Crippen LogP contribution in [-0.4, -0.2) is 36.0 Å². The Bertz CT molecular complexity index is 159. The number of hydrogen-bond donors (Lipinski definition) is 2. The van der Waals surface area contributed by atoms with Crippen molar-refractivity contribution in [3.05, 3.63) is 12.2 Å². The third kappa shape index (κ3) is 6.27. The van der Waals surface area contributed by atoms with E-state index in [9.17, 15) is 4.79 Å². The maximum absolute atomic E-state index is 9.60. The van der Waals surface area contributed by atoms with E-state index in [0.717, 1.165) is 0 Å². The lowest BCUT2D eigenvalue weighted by Gasteiger charge is -1.93. The molecule has 0 aromatic carbocycles. The first-order valence-electron chi connectivity index (χ1n) is 3.82. The molecule has 0 atom stereocenters. The molecule has 1 fully saturated rings. The van der Waals surface area contributed by atoms with E-state index >= 15 is 0 Å². The van der Waals surface area contributed by atoms with Crippen molar-refractivity contribution in [3.8, 4) is 0 Å². The number of rotatable bonds is 2.